The number of ether oxygens (including phenoxy) is 1. The van der Waals surface area contributed by atoms with Gasteiger partial charge in [-0.1, -0.05) is 45.4 Å². The molecule has 0 amide bonds. The predicted molar refractivity (Wildman–Crippen MR) is 120 cm³/mol. The number of benzene rings is 1. The summed E-state index contributed by atoms with van der Waals surface area (Å²) in [6, 6.07) is 9.24. The lowest BCUT2D eigenvalue weighted by Gasteiger charge is -2.21. The maximum absolute atomic E-state index is 6.25. The van der Waals surface area contributed by atoms with E-state index in [1.165, 1.54) is 35.1 Å². The largest absolute Gasteiger partial charge is 0.491 e. The van der Waals surface area contributed by atoms with Gasteiger partial charge in [-0.05, 0) is 58.1 Å². The van der Waals surface area contributed by atoms with Crippen molar-refractivity contribution in [2.75, 3.05) is 0 Å². The summed E-state index contributed by atoms with van der Waals surface area (Å²) in [6.45, 7) is 16.0. The lowest BCUT2D eigenvalue weighted by Crippen LogP contribution is -2.26. The van der Waals surface area contributed by atoms with Gasteiger partial charge in [-0.3, -0.25) is 4.98 Å². The zero-order valence-corrected chi connectivity index (χ0v) is 18.9. The zero-order chi connectivity index (χ0) is 20.7. The molecule has 154 valence electrons. The highest BCUT2D eigenvalue weighted by atomic mass is 16.5. The predicted octanol–water partition coefficient (Wildman–Crippen LogP) is 6.25. The minimum atomic E-state index is 0.133. The third kappa shape index (κ3) is 5.57. The van der Waals surface area contributed by atoms with Crippen LogP contribution >= 0.6 is 0 Å². The first-order chi connectivity index (χ1) is 13.4. The van der Waals surface area contributed by atoms with Gasteiger partial charge in [-0.2, -0.15) is 0 Å². The van der Waals surface area contributed by atoms with Crippen LogP contribution in [-0.2, 0) is 19.4 Å². The number of aromatic nitrogens is 1. The van der Waals surface area contributed by atoms with Gasteiger partial charge in [0.05, 0.1) is 11.8 Å². The average molecular weight is 383 g/mol. The molecule has 0 aliphatic heterocycles. The molecule has 1 atom stereocenters. The highest BCUT2D eigenvalue weighted by molar-refractivity contribution is 5.70. The molecular weight excluding hydrogens is 344 g/mol. The highest BCUT2D eigenvalue weighted by Crippen LogP contribution is 2.33. The number of pyridine rings is 1. The van der Waals surface area contributed by atoms with Gasteiger partial charge < -0.3 is 10.1 Å². The van der Waals surface area contributed by atoms with Crippen LogP contribution in [0.5, 0.6) is 5.75 Å². The van der Waals surface area contributed by atoms with E-state index in [0.29, 0.717) is 6.04 Å². The van der Waals surface area contributed by atoms with E-state index in [2.05, 4.69) is 78.0 Å². The van der Waals surface area contributed by atoms with Crippen LogP contribution in [0.15, 0.2) is 24.3 Å². The van der Waals surface area contributed by atoms with E-state index in [9.17, 15) is 0 Å². The Balaban J connectivity index is 2.51. The summed E-state index contributed by atoms with van der Waals surface area (Å²) in [6.07, 6.45) is 4.50. The van der Waals surface area contributed by atoms with E-state index in [1.54, 1.807) is 0 Å². The van der Waals surface area contributed by atoms with E-state index < -0.39 is 0 Å². The van der Waals surface area contributed by atoms with Crippen molar-refractivity contribution in [3.8, 4) is 17.0 Å². The SMILES string of the molecule is CCCC(C)NCc1c(OC(C)C)cc(-c2c(CC)cccc2CC)nc1C. The Bertz CT molecular complexity index is 745. The van der Waals surface area contributed by atoms with Gasteiger partial charge in [-0.15, -0.1) is 0 Å². The highest BCUT2D eigenvalue weighted by Gasteiger charge is 2.17. The molecule has 0 saturated heterocycles. The Morgan fingerprint density at radius 2 is 1.68 bits per heavy atom. The summed E-state index contributed by atoms with van der Waals surface area (Å²) in [4.78, 5) is 5.03. The van der Waals surface area contributed by atoms with Crippen molar-refractivity contribution >= 4 is 0 Å². The second-order valence-corrected chi connectivity index (χ2v) is 7.97. The number of rotatable bonds is 10. The maximum Gasteiger partial charge on any atom is 0.128 e. The molecule has 2 rings (SSSR count). The van der Waals surface area contributed by atoms with Crippen molar-refractivity contribution in [2.45, 2.75) is 92.8 Å². The van der Waals surface area contributed by atoms with Gasteiger partial charge in [0.2, 0.25) is 0 Å². The average Bonchev–Trinajstić information content (AvgIpc) is 2.66. The summed E-state index contributed by atoms with van der Waals surface area (Å²) in [5, 5.41) is 3.64. The van der Waals surface area contributed by atoms with E-state index in [4.69, 9.17) is 9.72 Å². The van der Waals surface area contributed by atoms with Crippen molar-refractivity contribution in [3.63, 3.8) is 0 Å². The molecule has 0 saturated carbocycles. The van der Waals surface area contributed by atoms with Crippen LogP contribution < -0.4 is 10.1 Å². The Hall–Kier alpha value is -1.87. The quantitative estimate of drug-likeness (QED) is 0.527. The summed E-state index contributed by atoms with van der Waals surface area (Å²) in [7, 11) is 0. The molecule has 1 unspecified atom stereocenters. The van der Waals surface area contributed by atoms with Crippen LogP contribution in [0.2, 0.25) is 0 Å². The molecule has 0 spiro atoms. The van der Waals surface area contributed by atoms with Crippen molar-refractivity contribution in [2.24, 2.45) is 0 Å². The Labute approximate surface area is 171 Å². The second kappa shape index (κ2) is 10.6. The Kier molecular flexibility index (Phi) is 8.50. The molecule has 0 radical (unpaired) electrons. The standard InChI is InChI=1S/C25H38N2O/c1-8-12-18(6)26-16-22-19(7)27-23(15-24(22)28-17(4)5)25-20(9-2)13-11-14-21(25)10-3/h11,13-15,17-18,26H,8-10,12,16H2,1-7H3. The topological polar surface area (TPSA) is 34.1 Å². The van der Waals surface area contributed by atoms with Gasteiger partial charge in [0.1, 0.15) is 5.75 Å². The summed E-state index contributed by atoms with van der Waals surface area (Å²) in [5.41, 5.74) is 7.24. The maximum atomic E-state index is 6.25. The van der Waals surface area contributed by atoms with Crippen LogP contribution in [0, 0.1) is 6.92 Å². The molecule has 1 aromatic heterocycles. The lowest BCUT2D eigenvalue weighted by atomic mass is 9.94. The smallest absolute Gasteiger partial charge is 0.128 e. The minimum absolute atomic E-state index is 0.133. The van der Waals surface area contributed by atoms with Crippen LogP contribution in [0.4, 0.5) is 0 Å². The molecular formula is C25H38N2O. The van der Waals surface area contributed by atoms with Crippen LogP contribution in [0.1, 0.15) is 76.8 Å². The molecule has 0 bridgehead atoms. The normalized spacial score (nSPS) is 12.4. The van der Waals surface area contributed by atoms with Crippen molar-refractivity contribution in [1.29, 1.82) is 0 Å². The number of nitrogens with one attached hydrogen (secondary N) is 1. The molecule has 3 heteroatoms. The first-order valence-corrected chi connectivity index (χ1v) is 10.9. The fourth-order valence-electron chi connectivity index (χ4n) is 3.76. The van der Waals surface area contributed by atoms with E-state index in [0.717, 1.165) is 36.5 Å². The Morgan fingerprint density at radius 3 is 2.21 bits per heavy atom. The van der Waals surface area contributed by atoms with Gasteiger partial charge in [0, 0.05) is 35.5 Å². The number of hydrogen-bond donors (Lipinski definition) is 1. The molecule has 2 aromatic rings. The van der Waals surface area contributed by atoms with Gasteiger partial charge in [0.25, 0.3) is 0 Å². The zero-order valence-electron chi connectivity index (χ0n) is 18.9. The Morgan fingerprint density at radius 1 is 1.04 bits per heavy atom. The van der Waals surface area contributed by atoms with Gasteiger partial charge in [0.15, 0.2) is 0 Å². The van der Waals surface area contributed by atoms with Crippen molar-refractivity contribution in [1.82, 2.24) is 10.3 Å². The fourth-order valence-corrected chi connectivity index (χ4v) is 3.76. The fraction of sp³-hybridized carbons (Fsp3) is 0.560. The molecule has 1 aromatic carbocycles. The lowest BCUT2D eigenvalue weighted by molar-refractivity contribution is 0.239. The van der Waals surface area contributed by atoms with Crippen molar-refractivity contribution < 1.29 is 4.74 Å². The van der Waals surface area contributed by atoms with E-state index >= 15 is 0 Å². The third-order valence-corrected chi connectivity index (χ3v) is 5.26. The minimum Gasteiger partial charge on any atom is -0.491 e. The van der Waals surface area contributed by atoms with Crippen molar-refractivity contribution in [3.05, 3.63) is 46.6 Å². The number of hydrogen-bond acceptors (Lipinski definition) is 3. The molecule has 1 heterocycles. The van der Waals surface area contributed by atoms with E-state index in [1.807, 2.05) is 0 Å². The molecule has 0 aliphatic rings. The van der Waals surface area contributed by atoms with Gasteiger partial charge in [-0.25, -0.2) is 0 Å². The molecule has 28 heavy (non-hydrogen) atoms. The summed E-state index contributed by atoms with van der Waals surface area (Å²) >= 11 is 0. The number of nitrogens with zero attached hydrogens (tertiary/aromatic N) is 1. The first kappa shape index (κ1) is 22.4. The molecule has 3 nitrogen and oxygen atoms in total. The summed E-state index contributed by atoms with van der Waals surface area (Å²) < 4.78 is 6.25. The van der Waals surface area contributed by atoms with Crippen LogP contribution in [0.3, 0.4) is 0 Å². The number of aryl methyl sites for hydroxylation is 3. The van der Waals surface area contributed by atoms with Crippen LogP contribution in [-0.4, -0.2) is 17.1 Å². The first-order valence-electron chi connectivity index (χ1n) is 10.9. The van der Waals surface area contributed by atoms with Gasteiger partial charge >= 0.3 is 0 Å². The third-order valence-electron chi connectivity index (χ3n) is 5.26. The summed E-state index contributed by atoms with van der Waals surface area (Å²) in [5.74, 6) is 0.960. The molecule has 1 N–H and O–H groups in total. The second-order valence-electron chi connectivity index (χ2n) is 7.97. The monoisotopic (exact) mass is 382 g/mol. The van der Waals surface area contributed by atoms with Crippen LogP contribution in [0.25, 0.3) is 11.3 Å². The molecule has 0 aliphatic carbocycles. The molecule has 0 fully saturated rings. The van der Waals surface area contributed by atoms with E-state index in [-0.39, 0.29) is 6.10 Å².